The maximum atomic E-state index is 4.32. The average Bonchev–Trinajstić information content (AvgIpc) is 2.79. The van der Waals surface area contributed by atoms with Crippen molar-refractivity contribution in [3.8, 4) is 0 Å². The fraction of sp³-hybridized carbons (Fsp3) is 0.786. The highest BCUT2D eigenvalue weighted by Crippen LogP contribution is 2.29. The van der Waals surface area contributed by atoms with Crippen LogP contribution < -0.4 is 5.32 Å². The van der Waals surface area contributed by atoms with Crippen LogP contribution in [0.3, 0.4) is 0 Å². The van der Waals surface area contributed by atoms with Gasteiger partial charge in [-0.3, -0.25) is 0 Å². The Morgan fingerprint density at radius 3 is 3.06 bits per heavy atom. The number of aromatic nitrogens is 1. The topological polar surface area (TPSA) is 24.9 Å². The zero-order valence-corrected chi connectivity index (χ0v) is 11.8. The summed E-state index contributed by atoms with van der Waals surface area (Å²) in [7, 11) is 0. The van der Waals surface area contributed by atoms with E-state index in [9.17, 15) is 0 Å². The highest BCUT2D eigenvalue weighted by Gasteiger charge is 2.22. The van der Waals surface area contributed by atoms with Crippen molar-refractivity contribution in [3.63, 3.8) is 0 Å². The molecule has 0 aromatic carbocycles. The van der Waals surface area contributed by atoms with E-state index in [0.29, 0.717) is 6.04 Å². The summed E-state index contributed by atoms with van der Waals surface area (Å²) in [6.07, 6.45) is 6.94. The van der Waals surface area contributed by atoms with Gasteiger partial charge in [-0.05, 0) is 31.1 Å². The third kappa shape index (κ3) is 4.40. The van der Waals surface area contributed by atoms with E-state index in [-0.39, 0.29) is 0 Å². The first-order valence-electron chi connectivity index (χ1n) is 6.84. The van der Waals surface area contributed by atoms with Gasteiger partial charge in [0.2, 0.25) is 0 Å². The van der Waals surface area contributed by atoms with Crippen molar-refractivity contribution in [3.05, 3.63) is 16.6 Å². The standard InChI is InChI=1S/C14H24N2S/c1-11(2)6-12-4-3-5-13(7-12)15-8-14-9-17-10-16-14/h9-13,15H,3-8H2,1-2H3. The van der Waals surface area contributed by atoms with Gasteiger partial charge in [-0.2, -0.15) is 0 Å². The van der Waals surface area contributed by atoms with E-state index in [1.54, 1.807) is 11.3 Å². The van der Waals surface area contributed by atoms with Gasteiger partial charge in [-0.15, -0.1) is 11.3 Å². The summed E-state index contributed by atoms with van der Waals surface area (Å²) in [4.78, 5) is 4.32. The van der Waals surface area contributed by atoms with Gasteiger partial charge in [0.25, 0.3) is 0 Å². The van der Waals surface area contributed by atoms with E-state index < -0.39 is 0 Å². The lowest BCUT2D eigenvalue weighted by atomic mass is 9.81. The van der Waals surface area contributed by atoms with Crippen LogP contribution in [0.2, 0.25) is 0 Å². The Morgan fingerprint density at radius 1 is 1.47 bits per heavy atom. The molecule has 2 rings (SSSR count). The third-order valence-electron chi connectivity index (χ3n) is 3.64. The van der Waals surface area contributed by atoms with Crippen LogP contribution in [-0.2, 0) is 6.54 Å². The Morgan fingerprint density at radius 2 is 2.35 bits per heavy atom. The number of hydrogen-bond acceptors (Lipinski definition) is 3. The van der Waals surface area contributed by atoms with Crippen LogP contribution in [0, 0.1) is 11.8 Å². The molecule has 1 fully saturated rings. The first-order valence-corrected chi connectivity index (χ1v) is 7.78. The molecular weight excluding hydrogens is 228 g/mol. The largest absolute Gasteiger partial charge is 0.308 e. The smallest absolute Gasteiger partial charge is 0.0795 e. The molecule has 2 atom stereocenters. The fourth-order valence-corrected chi connectivity index (χ4v) is 3.49. The maximum absolute atomic E-state index is 4.32. The fourth-order valence-electron chi connectivity index (χ4n) is 2.93. The van der Waals surface area contributed by atoms with Crippen molar-refractivity contribution < 1.29 is 0 Å². The molecule has 0 saturated heterocycles. The summed E-state index contributed by atoms with van der Waals surface area (Å²) >= 11 is 1.68. The molecule has 1 aliphatic carbocycles. The molecule has 1 aromatic heterocycles. The lowest BCUT2D eigenvalue weighted by molar-refractivity contribution is 0.251. The first kappa shape index (κ1) is 13.0. The van der Waals surface area contributed by atoms with Crippen LogP contribution >= 0.6 is 11.3 Å². The zero-order valence-electron chi connectivity index (χ0n) is 11.0. The van der Waals surface area contributed by atoms with Gasteiger partial charge < -0.3 is 5.32 Å². The summed E-state index contributed by atoms with van der Waals surface area (Å²) in [6.45, 7) is 5.63. The van der Waals surface area contributed by atoms with E-state index in [1.807, 2.05) is 5.51 Å². The normalized spacial score (nSPS) is 25.4. The highest BCUT2D eigenvalue weighted by molar-refractivity contribution is 7.07. The Bertz CT molecular complexity index is 308. The van der Waals surface area contributed by atoms with Gasteiger partial charge in [0.15, 0.2) is 0 Å². The second-order valence-electron chi connectivity index (χ2n) is 5.72. The van der Waals surface area contributed by atoms with Crippen molar-refractivity contribution in [2.75, 3.05) is 0 Å². The highest BCUT2D eigenvalue weighted by atomic mass is 32.1. The monoisotopic (exact) mass is 252 g/mol. The van der Waals surface area contributed by atoms with Gasteiger partial charge >= 0.3 is 0 Å². The minimum Gasteiger partial charge on any atom is -0.308 e. The van der Waals surface area contributed by atoms with Crippen LogP contribution in [-0.4, -0.2) is 11.0 Å². The van der Waals surface area contributed by atoms with Crippen LogP contribution in [0.5, 0.6) is 0 Å². The number of nitrogens with one attached hydrogen (secondary N) is 1. The van der Waals surface area contributed by atoms with E-state index in [4.69, 9.17) is 0 Å². The van der Waals surface area contributed by atoms with Crippen molar-refractivity contribution in [2.45, 2.75) is 58.5 Å². The van der Waals surface area contributed by atoms with Crippen molar-refractivity contribution >= 4 is 11.3 Å². The van der Waals surface area contributed by atoms with Crippen molar-refractivity contribution in [1.82, 2.24) is 10.3 Å². The molecular formula is C14H24N2S. The van der Waals surface area contributed by atoms with E-state index in [0.717, 1.165) is 18.4 Å². The second kappa shape index (κ2) is 6.50. The SMILES string of the molecule is CC(C)CC1CCCC(NCc2cscn2)C1. The molecule has 1 aromatic rings. The van der Waals surface area contributed by atoms with Crippen LogP contribution in [0.15, 0.2) is 10.9 Å². The van der Waals surface area contributed by atoms with Gasteiger partial charge in [0.1, 0.15) is 0 Å². The molecule has 1 aliphatic rings. The molecule has 2 nitrogen and oxygen atoms in total. The van der Waals surface area contributed by atoms with Crippen molar-refractivity contribution in [2.24, 2.45) is 11.8 Å². The van der Waals surface area contributed by atoms with Crippen LogP contribution in [0.1, 0.15) is 51.6 Å². The van der Waals surface area contributed by atoms with Gasteiger partial charge in [-0.1, -0.05) is 26.7 Å². The zero-order chi connectivity index (χ0) is 12.1. The lowest BCUT2D eigenvalue weighted by Gasteiger charge is -2.30. The Labute approximate surface area is 109 Å². The first-order chi connectivity index (χ1) is 8.24. The molecule has 3 heteroatoms. The molecule has 0 aliphatic heterocycles. The van der Waals surface area contributed by atoms with Gasteiger partial charge in [0.05, 0.1) is 11.2 Å². The molecule has 96 valence electrons. The molecule has 1 N–H and O–H groups in total. The quantitative estimate of drug-likeness (QED) is 0.861. The summed E-state index contributed by atoms with van der Waals surface area (Å²) in [5.74, 6) is 1.79. The molecule has 0 bridgehead atoms. The summed E-state index contributed by atoms with van der Waals surface area (Å²) in [6, 6.07) is 0.717. The molecule has 0 amide bonds. The minimum atomic E-state index is 0.717. The van der Waals surface area contributed by atoms with Crippen molar-refractivity contribution in [1.29, 1.82) is 0 Å². The molecule has 1 heterocycles. The van der Waals surface area contributed by atoms with Gasteiger partial charge in [-0.25, -0.2) is 4.98 Å². The summed E-state index contributed by atoms with van der Waals surface area (Å²) in [5.41, 5.74) is 3.11. The predicted molar refractivity (Wildman–Crippen MR) is 74.2 cm³/mol. The van der Waals surface area contributed by atoms with Gasteiger partial charge in [0, 0.05) is 18.0 Å². The summed E-state index contributed by atoms with van der Waals surface area (Å²) < 4.78 is 0. The number of hydrogen-bond donors (Lipinski definition) is 1. The minimum absolute atomic E-state index is 0.717. The van der Waals surface area contributed by atoms with E-state index >= 15 is 0 Å². The Kier molecular flexibility index (Phi) is 4.99. The Balaban J connectivity index is 1.73. The molecule has 17 heavy (non-hydrogen) atoms. The Hall–Kier alpha value is -0.410. The predicted octanol–water partition coefficient (Wildman–Crippen LogP) is 3.84. The van der Waals surface area contributed by atoms with Crippen LogP contribution in [0.4, 0.5) is 0 Å². The molecule has 1 saturated carbocycles. The molecule has 0 spiro atoms. The molecule has 2 unspecified atom stereocenters. The number of rotatable bonds is 5. The van der Waals surface area contributed by atoms with Crippen LogP contribution in [0.25, 0.3) is 0 Å². The van der Waals surface area contributed by atoms with E-state index in [1.165, 1.54) is 37.8 Å². The van der Waals surface area contributed by atoms with E-state index in [2.05, 4.69) is 29.5 Å². The second-order valence-corrected chi connectivity index (χ2v) is 6.44. The average molecular weight is 252 g/mol. The maximum Gasteiger partial charge on any atom is 0.0795 e. The lowest BCUT2D eigenvalue weighted by Crippen LogP contribution is -2.34. The number of thiazole rings is 1. The third-order valence-corrected chi connectivity index (χ3v) is 4.28. The summed E-state index contributed by atoms with van der Waals surface area (Å²) in [5, 5.41) is 5.81. The molecule has 0 radical (unpaired) electrons. The number of nitrogens with zero attached hydrogens (tertiary/aromatic N) is 1.